The van der Waals surface area contributed by atoms with Crippen molar-refractivity contribution < 1.29 is 48.9 Å². The molecule has 12 nitrogen and oxygen atoms in total. The number of carbonyl (C=O) groups is 5. The first-order valence-corrected chi connectivity index (χ1v) is 13.1. The summed E-state index contributed by atoms with van der Waals surface area (Å²) in [6, 6.07) is 14.4. The number of quaternary nitrogens is 1. The minimum Gasteiger partial charge on any atom is -0.480 e. The third kappa shape index (κ3) is 7.42. The third-order valence-corrected chi connectivity index (χ3v) is 7.15. The molecule has 0 aliphatic carbocycles. The van der Waals surface area contributed by atoms with Gasteiger partial charge in [-0.05, 0) is 47.0 Å². The number of nitrogens with zero attached hydrogens (tertiary/aromatic N) is 2. The predicted molar refractivity (Wildman–Crippen MR) is 149 cm³/mol. The molecule has 0 saturated heterocycles. The summed E-state index contributed by atoms with van der Waals surface area (Å²) in [6.45, 7) is -2.86. The van der Waals surface area contributed by atoms with E-state index in [9.17, 15) is 44.4 Å². The first-order chi connectivity index (χ1) is 19.5. The molecular weight excluding hydrogens is 534 g/mol. The van der Waals surface area contributed by atoms with E-state index in [1.807, 2.05) is 6.07 Å². The van der Waals surface area contributed by atoms with Crippen molar-refractivity contribution >= 4 is 51.3 Å². The standard InChI is InChI=1S/C29H33N3O9/c30-12-6-5-11-23(29(40)41)32(18-26(37)38,14-13-31(16-24(33)34)17-25(35)36)28(39)27-21-9-3-1-7-19(21)15-20-8-2-4-10-22(20)27/h1-4,7-10,15,23H,5-6,11-14,16-18,30H2,(H3-,33,34,35,36,37,38,40,41)/p+1/t23-,32?/m0/s1. The van der Waals surface area contributed by atoms with Gasteiger partial charge in [-0.1, -0.05) is 48.5 Å². The van der Waals surface area contributed by atoms with Gasteiger partial charge in [0.2, 0.25) is 0 Å². The number of nitrogens with two attached hydrogens (primary N) is 1. The van der Waals surface area contributed by atoms with Gasteiger partial charge in [-0.15, -0.1) is 0 Å². The van der Waals surface area contributed by atoms with E-state index in [-0.39, 0.29) is 25.1 Å². The van der Waals surface area contributed by atoms with Gasteiger partial charge in [0, 0.05) is 13.0 Å². The summed E-state index contributed by atoms with van der Waals surface area (Å²) >= 11 is 0. The highest BCUT2D eigenvalue weighted by molar-refractivity contribution is 6.16. The molecule has 218 valence electrons. The molecule has 41 heavy (non-hydrogen) atoms. The molecule has 12 heteroatoms. The molecule has 3 rings (SSSR count). The van der Waals surface area contributed by atoms with Gasteiger partial charge in [-0.2, -0.15) is 0 Å². The number of hydrogen-bond donors (Lipinski definition) is 5. The van der Waals surface area contributed by atoms with E-state index in [1.54, 1.807) is 48.5 Å². The van der Waals surface area contributed by atoms with Gasteiger partial charge in [0.1, 0.15) is 0 Å². The number of unbranched alkanes of at least 4 members (excludes halogenated alkanes) is 1. The highest BCUT2D eigenvalue weighted by atomic mass is 16.4. The van der Waals surface area contributed by atoms with Crippen LogP contribution in [0.15, 0.2) is 54.6 Å². The van der Waals surface area contributed by atoms with Crippen LogP contribution in [0.2, 0.25) is 0 Å². The molecule has 0 fully saturated rings. The Morgan fingerprint density at radius 2 is 1.32 bits per heavy atom. The van der Waals surface area contributed by atoms with E-state index >= 15 is 0 Å². The van der Waals surface area contributed by atoms with Crippen LogP contribution in [-0.4, -0.2) is 105 Å². The highest BCUT2D eigenvalue weighted by Gasteiger charge is 2.51. The lowest BCUT2D eigenvalue weighted by molar-refractivity contribution is -0.858. The first kappa shape index (κ1) is 31.1. The smallest absolute Gasteiger partial charge is 0.363 e. The second-order valence-corrected chi connectivity index (χ2v) is 9.95. The lowest BCUT2D eigenvalue weighted by atomic mass is 9.93. The van der Waals surface area contributed by atoms with Gasteiger partial charge in [0.15, 0.2) is 12.6 Å². The quantitative estimate of drug-likeness (QED) is 0.0964. The zero-order valence-electron chi connectivity index (χ0n) is 22.4. The average molecular weight is 569 g/mol. The van der Waals surface area contributed by atoms with Crippen molar-refractivity contribution in [3.63, 3.8) is 0 Å². The molecule has 3 aromatic carbocycles. The molecule has 1 unspecified atom stereocenters. The summed E-state index contributed by atoms with van der Waals surface area (Å²) in [5.41, 5.74) is 5.76. The van der Waals surface area contributed by atoms with Crippen LogP contribution >= 0.6 is 0 Å². The summed E-state index contributed by atoms with van der Waals surface area (Å²) in [5, 5.41) is 41.5. The Balaban J connectivity index is 2.30. The number of carboxylic acids is 4. The van der Waals surface area contributed by atoms with E-state index in [0.29, 0.717) is 34.4 Å². The summed E-state index contributed by atoms with van der Waals surface area (Å²) in [7, 11) is 0. The average Bonchev–Trinajstić information content (AvgIpc) is 2.90. The number of carboxylic acid groups (broad SMARTS) is 4. The van der Waals surface area contributed by atoms with E-state index < -0.39 is 66.5 Å². The van der Waals surface area contributed by atoms with Crippen LogP contribution in [0, 0.1) is 0 Å². The van der Waals surface area contributed by atoms with Gasteiger partial charge in [-0.3, -0.25) is 14.5 Å². The minimum atomic E-state index is -1.53. The largest absolute Gasteiger partial charge is 0.480 e. The van der Waals surface area contributed by atoms with Crippen molar-refractivity contribution in [3.05, 3.63) is 60.2 Å². The fourth-order valence-corrected chi connectivity index (χ4v) is 5.35. The van der Waals surface area contributed by atoms with Crippen molar-refractivity contribution in [2.75, 3.05) is 39.3 Å². The number of benzene rings is 3. The van der Waals surface area contributed by atoms with Crippen LogP contribution in [-0.2, 0) is 19.2 Å². The Morgan fingerprint density at radius 1 is 0.780 bits per heavy atom. The Morgan fingerprint density at radius 3 is 1.78 bits per heavy atom. The topological polar surface area (TPSA) is 196 Å². The number of amides is 1. The number of fused-ring (bicyclic) bond motifs is 2. The molecule has 0 saturated carbocycles. The van der Waals surface area contributed by atoms with Crippen molar-refractivity contribution in [2.45, 2.75) is 25.3 Å². The van der Waals surface area contributed by atoms with Gasteiger partial charge < -0.3 is 26.2 Å². The van der Waals surface area contributed by atoms with Crippen molar-refractivity contribution in [3.8, 4) is 0 Å². The molecule has 0 spiro atoms. The van der Waals surface area contributed by atoms with Gasteiger partial charge in [0.25, 0.3) is 0 Å². The maximum Gasteiger partial charge on any atom is 0.363 e. The Kier molecular flexibility index (Phi) is 10.5. The molecule has 1 amide bonds. The van der Waals surface area contributed by atoms with Crippen LogP contribution in [0.25, 0.3) is 21.5 Å². The van der Waals surface area contributed by atoms with Crippen LogP contribution in [0.3, 0.4) is 0 Å². The third-order valence-electron chi connectivity index (χ3n) is 7.15. The maximum atomic E-state index is 14.8. The van der Waals surface area contributed by atoms with E-state index in [1.165, 1.54) is 0 Å². The monoisotopic (exact) mass is 568 g/mol. The summed E-state index contributed by atoms with van der Waals surface area (Å²) < 4.78 is -1.08. The lowest BCUT2D eigenvalue weighted by Gasteiger charge is -2.40. The normalized spacial score (nSPS) is 13.6. The van der Waals surface area contributed by atoms with Crippen LogP contribution in [0.5, 0.6) is 0 Å². The van der Waals surface area contributed by atoms with Gasteiger partial charge >= 0.3 is 29.8 Å². The summed E-state index contributed by atoms with van der Waals surface area (Å²) in [5.74, 6) is -6.25. The predicted octanol–water partition coefficient (Wildman–Crippen LogP) is 2.09. The van der Waals surface area contributed by atoms with E-state index in [4.69, 9.17) is 5.73 Å². The number of hydrogen-bond acceptors (Lipinski definition) is 7. The highest BCUT2D eigenvalue weighted by Crippen LogP contribution is 2.33. The van der Waals surface area contributed by atoms with Crippen LogP contribution in [0.4, 0.5) is 0 Å². The molecule has 3 aromatic rings. The molecule has 6 N–H and O–H groups in total. The number of rotatable bonds is 16. The molecular formula is C29H34N3O9+. The second-order valence-electron chi connectivity index (χ2n) is 9.95. The fraction of sp³-hybridized carbons (Fsp3) is 0.345. The Hall–Kier alpha value is -4.39. The van der Waals surface area contributed by atoms with E-state index in [0.717, 1.165) is 4.90 Å². The molecule has 0 bridgehead atoms. The molecule has 0 radical (unpaired) electrons. The molecule has 0 aromatic heterocycles. The SMILES string of the molecule is NCCCC[C@@H](C(=O)O)[N+](CCN(CC(=O)O)CC(=O)O)(CC(=O)O)C(=O)c1c2ccccc2cc2ccccc12. The van der Waals surface area contributed by atoms with Crippen molar-refractivity contribution in [1.82, 2.24) is 4.90 Å². The van der Waals surface area contributed by atoms with Crippen molar-refractivity contribution in [1.29, 1.82) is 0 Å². The molecule has 2 atom stereocenters. The minimum absolute atomic E-state index is 0.0773. The summed E-state index contributed by atoms with van der Waals surface area (Å²) in [6.07, 6.45) is 0.656. The fourth-order valence-electron chi connectivity index (χ4n) is 5.35. The maximum absolute atomic E-state index is 14.8. The van der Waals surface area contributed by atoms with Gasteiger partial charge in [0.05, 0.1) is 25.2 Å². The van der Waals surface area contributed by atoms with E-state index in [2.05, 4.69) is 0 Å². The molecule has 0 heterocycles. The number of aliphatic carboxylic acids is 4. The molecule has 0 aliphatic rings. The zero-order chi connectivity index (χ0) is 30.2. The lowest BCUT2D eigenvalue weighted by Crippen LogP contribution is -2.66. The number of carbonyl (C=O) groups excluding carboxylic acids is 1. The van der Waals surface area contributed by atoms with Gasteiger partial charge in [-0.25, -0.2) is 18.9 Å². The van der Waals surface area contributed by atoms with Crippen molar-refractivity contribution in [2.24, 2.45) is 5.73 Å². The summed E-state index contributed by atoms with van der Waals surface area (Å²) in [4.78, 5) is 63.9. The zero-order valence-corrected chi connectivity index (χ0v) is 22.4. The Labute approximate surface area is 235 Å². The Bertz CT molecular complexity index is 1390. The molecule has 0 aliphatic heterocycles. The second kappa shape index (κ2) is 13.8. The first-order valence-electron chi connectivity index (χ1n) is 13.1. The van der Waals surface area contributed by atoms with Crippen LogP contribution < -0.4 is 5.73 Å². The van der Waals surface area contributed by atoms with Crippen LogP contribution in [0.1, 0.15) is 29.6 Å².